The van der Waals surface area contributed by atoms with Crippen molar-refractivity contribution in [2.75, 3.05) is 11.1 Å². The van der Waals surface area contributed by atoms with Crippen LogP contribution in [0.3, 0.4) is 0 Å². The van der Waals surface area contributed by atoms with Crippen LogP contribution in [0.15, 0.2) is 18.6 Å². The molecule has 2 rings (SSSR count). The van der Waals surface area contributed by atoms with Crippen LogP contribution in [-0.2, 0) is 6.18 Å². The Balaban J connectivity index is 2.29. The van der Waals surface area contributed by atoms with Crippen LogP contribution in [0.5, 0.6) is 5.88 Å². The van der Waals surface area contributed by atoms with E-state index in [1.165, 1.54) is 6.33 Å². The minimum atomic E-state index is -4.53. The second-order valence-electron chi connectivity index (χ2n) is 4.78. The molecule has 0 aliphatic carbocycles. The van der Waals surface area contributed by atoms with Crippen molar-refractivity contribution < 1.29 is 17.9 Å². The fourth-order valence-corrected chi connectivity index (χ4v) is 1.81. The highest BCUT2D eigenvalue weighted by atomic mass is 35.5. The van der Waals surface area contributed by atoms with Gasteiger partial charge in [0, 0.05) is 6.20 Å². The van der Waals surface area contributed by atoms with E-state index in [9.17, 15) is 13.2 Å². The van der Waals surface area contributed by atoms with Gasteiger partial charge in [-0.3, -0.25) is 0 Å². The summed E-state index contributed by atoms with van der Waals surface area (Å²) in [5.74, 6) is 0.269. The number of anilines is 3. The molecule has 23 heavy (non-hydrogen) atoms. The van der Waals surface area contributed by atoms with Gasteiger partial charge < -0.3 is 15.8 Å². The van der Waals surface area contributed by atoms with E-state index in [4.69, 9.17) is 22.1 Å². The molecule has 0 aliphatic rings. The SMILES string of the molecule is CC(C)Oc1ncnc(Nc2ncc(C(F)(F)F)cc2Cl)c1N. The monoisotopic (exact) mass is 347 g/mol. The minimum absolute atomic E-state index is 0.0134. The highest BCUT2D eigenvalue weighted by Gasteiger charge is 2.31. The topological polar surface area (TPSA) is 86.0 Å². The molecule has 0 saturated heterocycles. The highest BCUT2D eigenvalue weighted by molar-refractivity contribution is 6.33. The van der Waals surface area contributed by atoms with Gasteiger partial charge in [-0.25, -0.2) is 9.97 Å². The number of nitrogen functional groups attached to an aromatic ring is 1. The number of ether oxygens (including phenoxy) is 1. The number of nitrogens with one attached hydrogen (secondary N) is 1. The molecule has 2 aromatic heterocycles. The Morgan fingerprint density at radius 2 is 1.91 bits per heavy atom. The zero-order valence-corrected chi connectivity index (χ0v) is 12.9. The van der Waals surface area contributed by atoms with E-state index in [0.717, 1.165) is 6.07 Å². The van der Waals surface area contributed by atoms with Crippen molar-refractivity contribution in [2.45, 2.75) is 26.1 Å². The zero-order chi connectivity index (χ0) is 17.2. The van der Waals surface area contributed by atoms with E-state index in [-0.39, 0.29) is 34.3 Å². The molecule has 0 radical (unpaired) electrons. The van der Waals surface area contributed by atoms with E-state index in [0.29, 0.717) is 6.20 Å². The molecule has 0 amide bonds. The van der Waals surface area contributed by atoms with Gasteiger partial charge in [0.15, 0.2) is 5.82 Å². The molecular formula is C13H13ClF3N5O. The Bertz CT molecular complexity index is 708. The molecular weight excluding hydrogens is 335 g/mol. The summed E-state index contributed by atoms with van der Waals surface area (Å²) in [6.07, 6.45) is -2.82. The minimum Gasteiger partial charge on any atom is -0.473 e. The largest absolute Gasteiger partial charge is 0.473 e. The highest BCUT2D eigenvalue weighted by Crippen LogP contribution is 2.34. The Morgan fingerprint density at radius 1 is 1.22 bits per heavy atom. The Kier molecular flexibility index (Phi) is 4.79. The Morgan fingerprint density at radius 3 is 2.48 bits per heavy atom. The summed E-state index contributed by atoms with van der Waals surface area (Å²) in [6, 6.07) is 0.764. The van der Waals surface area contributed by atoms with Crippen molar-refractivity contribution in [3.8, 4) is 5.88 Å². The fraction of sp³-hybridized carbons (Fsp3) is 0.308. The van der Waals surface area contributed by atoms with Crippen LogP contribution in [0.25, 0.3) is 0 Å². The predicted octanol–water partition coefficient (Wildman–Crippen LogP) is 3.66. The quantitative estimate of drug-likeness (QED) is 0.877. The molecule has 10 heteroatoms. The van der Waals surface area contributed by atoms with Gasteiger partial charge >= 0.3 is 6.18 Å². The van der Waals surface area contributed by atoms with E-state index in [1.54, 1.807) is 13.8 Å². The molecule has 0 fully saturated rings. The summed E-state index contributed by atoms with van der Waals surface area (Å²) in [6.45, 7) is 3.59. The molecule has 0 unspecified atom stereocenters. The van der Waals surface area contributed by atoms with Crippen molar-refractivity contribution in [3.63, 3.8) is 0 Å². The molecule has 2 aromatic rings. The standard InChI is InChI=1S/C13H13ClF3N5O/c1-6(2)23-12-9(18)11(20-5-21-12)22-10-8(14)3-7(4-19-10)13(15,16)17/h3-6H,18H2,1-2H3,(H,19,20,21,22). The molecule has 0 spiro atoms. The lowest BCUT2D eigenvalue weighted by molar-refractivity contribution is -0.137. The van der Waals surface area contributed by atoms with Crippen molar-refractivity contribution in [1.29, 1.82) is 0 Å². The normalized spacial score (nSPS) is 11.6. The van der Waals surface area contributed by atoms with Crippen LogP contribution in [0.2, 0.25) is 5.02 Å². The molecule has 0 atom stereocenters. The number of nitrogens with zero attached hydrogens (tertiary/aromatic N) is 3. The van der Waals surface area contributed by atoms with Crippen molar-refractivity contribution >= 4 is 28.9 Å². The third-order valence-electron chi connectivity index (χ3n) is 2.60. The number of hydrogen-bond donors (Lipinski definition) is 2. The molecule has 0 saturated carbocycles. The number of pyridine rings is 1. The van der Waals surface area contributed by atoms with Crippen LogP contribution in [0, 0.1) is 0 Å². The van der Waals surface area contributed by atoms with Gasteiger partial charge in [-0.1, -0.05) is 11.6 Å². The predicted molar refractivity (Wildman–Crippen MR) is 79.7 cm³/mol. The summed E-state index contributed by atoms with van der Waals surface area (Å²) in [4.78, 5) is 11.4. The smallest absolute Gasteiger partial charge is 0.417 e. The zero-order valence-electron chi connectivity index (χ0n) is 12.1. The Labute approximate surface area is 134 Å². The third-order valence-corrected chi connectivity index (χ3v) is 2.89. The number of nitrogens with two attached hydrogens (primary N) is 1. The van der Waals surface area contributed by atoms with Gasteiger partial charge in [0.25, 0.3) is 0 Å². The lowest BCUT2D eigenvalue weighted by Gasteiger charge is -2.14. The van der Waals surface area contributed by atoms with Crippen molar-refractivity contribution in [3.05, 3.63) is 29.2 Å². The molecule has 0 aromatic carbocycles. The van der Waals surface area contributed by atoms with E-state index >= 15 is 0 Å². The van der Waals surface area contributed by atoms with Crippen molar-refractivity contribution in [1.82, 2.24) is 15.0 Å². The molecule has 6 nitrogen and oxygen atoms in total. The summed E-state index contributed by atoms with van der Waals surface area (Å²) in [5.41, 5.74) is 5.01. The molecule has 3 N–H and O–H groups in total. The second kappa shape index (κ2) is 6.45. The molecule has 124 valence electrons. The van der Waals surface area contributed by atoms with Gasteiger partial charge in [0.05, 0.1) is 16.7 Å². The first-order valence-corrected chi connectivity index (χ1v) is 6.83. The van der Waals surface area contributed by atoms with Crippen LogP contribution >= 0.6 is 11.6 Å². The first-order chi connectivity index (χ1) is 10.7. The van der Waals surface area contributed by atoms with Gasteiger partial charge in [0.2, 0.25) is 5.88 Å². The van der Waals surface area contributed by atoms with E-state index in [1.807, 2.05) is 0 Å². The van der Waals surface area contributed by atoms with Crippen molar-refractivity contribution in [2.24, 2.45) is 0 Å². The average Bonchev–Trinajstić information content (AvgIpc) is 2.43. The molecule has 2 heterocycles. The van der Waals surface area contributed by atoms with Gasteiger partial charge in [-0.05, 0) is 19.9 Å². The number of aromatic nitrogens is 3. The van der Waals surface area contributed by atoms with E-state index in [2.05, 4.69) is 20.3 Å². The number of rotatable bonds is 4. The van der Waals surface area contributed by atoms with Gasteiger partial charge in [0.1, 0.15) is 17.8 Å². The summed E-state index contributed by atoms with van der Waals surface area (Å²) >= 11 is 5.82. The van der Waals surface area contributed by atoms with Crippen LogP contribution < -0.4 is 15.8 Å². The second-order valence-corrected chi connectivity index (χ2v) is 5.19. The van der Waals surface area contributed by atoms with E-state index < -0.39 is 11.7 Å². The maximum Gasteiger partial charge on any atom is 0.417 e. The third kappa shape index (κ3) is 4.13. The lowest BCUT2D eigenvalue weighted by atomic mass is 10.3. The first kappa shape index (κ1) is 17.1. The molecule has 0 aliphatic heterocycles. The summed E-state index contributed by atoms with van der Waals surface area (Å²) in [5, 5.41) is 2.45. The maximum absolute atomic E-state index is 12.6. The summed E-state index contributed by atoms with van der Waals surface area (Å²) < 4.78 is 43.2. The summed E-state index contributed by atoms with van der Waals surface area (Å²) in [7, 11) is 0. The van der Waals surface area contributed by atoms with Crippen LogP contribution in [0.1, 0.15) is 19.4 Å². The van der Waals surface area contributed by atoms with Crippen LogP contribution in [0.4, 0.5) is 30.5 Å². The molecule has 0 bridgehead atoms. The lowest BCUT2D eigenvalue weighted by Crippen LogP contribution is -2.11. The number of halogens is 4. The van der Waals surface area contributed by atoms with Gasteiger partial charge in [-0.15, -0.1) is 0 Å². The first-order valence-electron chi connectivity index (χ1n) is 6.45. The Hall–Kier alpha value is -2.29. The van der Waals surface area contributed by atoms with Crippen LogP contribution in [-0.4, -0.2) is 21.1 Å². The number of alkyl halides is 3. The average molecular weight is 348 g/mol. The maximum atomic E-state index is 12.6. The fourth-order valence-electron chi connectivity index (χ4n) is 1.59. The van der Waals surface area contributed by atoms with Gasteiger partial charge in [-0.2, -0.15) is 18.2 Å². The number of hydrogen-bond acceptors (Lipinski definition) is 6.